The summed E-state index contributed by atoms with van der Waals surface area (Å²) in [6.45, 7) is 2.05. The molecule has 0 unspecified atom stereocenters. The second kappa shape index (κ2) is 7.82. The zero-order valence-corrected chi connectivity index (χ0v) is 17.0. The molecule has 3 aromatic rings. The molecule has 2 aliphatic rings. The lowest BCUT2D eigenvalue weighted by atomic mass is 10.0. The van der Waals surface area contributed by atoms with Crippen molar-refractivity contribution >= 4 is 17.4 Å². The van der Waals surface area contributed by atoms with Gasteiger partial charge in [0.25, 0.3) is 0 Å². The van der Waals surface area contributed by atoms with Crippen molar-refractivity contribution in [3.63, 3.8) is 0 Å². The van der Waals surface area contributed by atoms with Crippen LogP contribution in [0.5, 0.6) is 0 Å². The summed E-state index contributed by atoms with van der Waals surface area (Å²) in [5, 5.41) is 3.00. The number of amides is 1. The van der Waals surface area contributed by atoms with Gasteiger partial charge in [0.15, 0.2) is 11.6 Å². The number of anilines is 2. The van der Waals surface area contributed by atoms with Crippen molar-refractivity contribution in [2.45, 2.75) is 51.1 Å². The van der Waals surface area contributed by atoms with E-state index in [1.807, 2.05) is 30.3 Å². The Morgan fingerprint density at radius 3 is 2.50 bits per heavy atom. The standard InChI is InChI=1S/C23H24N6O/c1-2-18-23(30)27-17-14-26-21(28-22(17)29(18)16-10-6-7-11-16)20-19(24-12-13-25-20)15-8-4-3-5-9-15/h3-5,8-9,12-14,16,18H,2,6-7,10-11H2,1H3,(H,27,30)/t18-/m1/s1. The molecule has 0 saturated heterocycles. The van der Waals surface area contributed by atoms with Crippen LogP contribution in [0.15, 0.2) is 48.9 Å². The highest BCUT2D eigenvalue weighted by Crippen LogP contribution is 2.38. The van der Waals surface area contributed by atoms with Gasteiger partial charge in [-0.1, -0.05) is 50.1 Å². The minimum absolute atomic E-state index is 0.0257. The maximum absolute atomic E-state index is 12.7. The van der Waals surface area contributed by atoms with E-state index >= 15 is 0 Å². The maximum Gasteiger partial charge on any atom is 0.247 e. The number of nitrogens with one attached hydrogen (secondary N) is 1. The molecule has 3 heterocycles. The smallest absolute Gasteiger partial charge is 0.247 e. The van der Waals surface area contributed by atoms with Crippen molar-refractivity contribution in [2.24, 2.45) is 0 Å². The first-order chi connectivity index (χ1) is 14.8. The van der Waals surface area contributed by atoms with Crippen molar-refractivity contribution in [1.29, 1.82) is 0 Å². The highest BCUT2D eigenvalue weighted by atomic mass is 16.2. The number of fused-ring (bicyclic) bond motifs is 1. The van der Waals surface area contributed by atoms with Crippen LogP contribution >= 0.6 is 0 Å². The van der Waals surface area contributed by atoms with Crippen LogP contribution in [0.25, 0.3) is 22.8 Å². The number of hydrogen-bond acceptors (Lipinski definition) is 6. The van der Waals surface area contributed by atoms with E-state index < -0.39 is 0 Å². The van der Waals surface area contributed by atoms with Crippen LogP contribution in [0.2, 0.25) is 0 Å². The number of aromatic nitrogens is 4. The molecule has 152 valence electrons. The van der Waals surface area contributed by atoms with Crippen molar-refractivity contribution in [1.82, 2.24) is 19.9 Å². The van der Waals surface area contributed by atoms with Gasteiger partial charge in [0.05, 0.1) is 11.9 Å². The van der Waals surface area contributed by atoms with Crippen LogP contribution in [0.4, 0.5) is 11.5 Å². The first kappa shape index (κ1) is 18.7. The lowest BCUT2D eigenvalue weighted by molar-refractivity contribution is -0.117. The molecule has 2 aromatic heterocycles. The van der Waals surface area contributed by atoms with Gasteiger partial charge in [0.1, 0.15) is 17.4 Å². The molecule has 1 saturated carbocycles. The first-order valence-electron chi connectivity index (χ1n) is 10.6. The largest absolute Gasteiger partial charge is 0.340 e. The molecule has 0 spiro atoms. The highest BCUT2D eigenvalue weighted by Gasteiger charge is 2.38. The molecule has 0 bridgehead atoms. The van der Waals surface area contributed by atoms with Gasteiger partial charge in [-0.3, -0.25) is 9.78 Å². The van der Waals surface area contributed by atoms with Crippen LogP contribution in [0, 0.1) is 0 Å². The molecule has 7 heteroatoms. The average molecular weight is 400 g/mol. The second-order valence-corrected chi connectivity index (χ2v) is 7.81. The Kier molecular flexibility index (Phi) is 4.86. The quantitative estimate of drug-likeness (QED) is 0.710. The third-order valence-electron chi connectivity index (χ3n) is 5.97. The molecule has 1 N–H and O–H groups in total. The Morgan fingerprint density at radius 2 is 1.77 bits per heavy atom. The lowest BCUT2D eigenvalue weighted by Crippen LogP contribution is -2.52. The van der Waals surface area contributed by atoms with Crippen molar-refractivity contribution in [2.75, 3.05) is 10.2 Å². The minimum Gasteiger partial charge on any atom is -0.340 e. The van der Waals surface area contributed by atoms with Crippen LogP contribution in [0.1, 0.15) is 39.0 Å². The third kappa shape index (κ3) is 3.20. The summed E-state index contributed by atoms with van der Waals surface area (Å²) in [5.41, 5.74) is 3.03. The third-order valence-corrected chi connectivity index (χ3v) is 5.97. The second-order valence-electron chi connectivity index (χ2n) is 7.81. The fraction of sp³-hybridized carbons (Fsp3) is 0.348. The van der Waals surface area contributed by atoms with Gasteiger partial charge in [0.2, 0.25) is 5.91 Å². The molecule has 5 rings (SSSR count). The number of carbonyl (C=O) groups excluding carboxylic acids is 1. The van der Waals surface area contributed by atoms with Gasteiger partial charge in [-0.2, -0.15) is 0 Å². The zero-order valence-electron chi connectivity index (χ0n) is 17.0. The molecule has 0 radical (unpaired) electrons. The van der Waals surface area contributed by atoms with Crippen LogP contribution in [-0.2, 0) is 4.79 Å². The molecular weight excluding hydrogens is 376 g/mol. The Balaban J connectivity index is 1.63. The van der Waals surface area contributed by atoms with Gasteiger partial charge in [-0.25, -0.2) is 15.0 Å². The summed E-state index contributed by atoms with van der Waals surface area (Å²) in [6.07, 6.45) is 10.3. The monoisotopic (exact) mass is 400 g/mol. The summed E-state index contributed by atoms with van der Waals surface area (Å²) in [4.78, 5) is 33.5. The first-order valence-corrected chi connectivity index (χ1v) is 10.6. The van der Waals surface area contributed by atoms with Gasteiger partial charge in [-0.05, 0) is 19.3 Å². The van der Waals surface area contributed by atoms with E-state index in [-0.39, 0.29) is 11.9 Å². The SMILES string of the molecule is CC[C@@H]1C(=O)Nc2cnc(-c3nccnc3-c3ccccc3)nc2N1C1CCCC1. The molecule has 1 amide bonds. The van der Waals surface area contributed by atoms with Gasteiger partial charge in [0, 0.05) is 24.0 Å². The molecule has 1 atom stereocenters. The van der Waals surface area contributed by atoms with Crippen LogP contribution in [0.3, 0.4) is 0 Å². The Morgan fingerprint density at radius 1 is 1.03 bits per heavy atom. The number of nitrogens with zero attached hydrogens (tertiary/aromatic N) is 5. The normalized spacial score (nSPS) is 18.9. The van der Waals surface area contributed by atoms with Crippen molar-refractivity contribution in [3.8, 4) is 22.8 Å². The summed E-state index contributed by atoms with van der Waals surface area (Å²) < 4.78 is 0. The highest BCUT2D eigenvalue weighted by molar-refractivity contribution is 6.03. The summed E-state index contributed by atoms with van der Waals surface area (Å²) in [7, 11) is 0. The molecule has 1 aliphatic heterocycles. The fourth-order valence-electron chi connectivity index (χ4n) is 4.56. The van der Waals surface area contributed by atoms with Gasteiger partial charge < -0.3 is 10.2 Å². The number of rotatable bonds is 4. The molecule has 1 fully saturated rings. The molecule has 7 nitrogen and oxygen atoms in total. The predicted molar refractivity (Wildman–Crippen MR) is 116 cm³/mol. The minimum atomic E-state index is -0.209. The summed E-state index contributed by atoms with van der Waals surface area (Å²) >= 11 is 0. The van der Waals surface area contributed by atoms with E-state index in [1.165, 1.54) is 12.8 Å². The van der Waals surface area contributed by atoms with Crippen LogP contribution < -0.4 is 10.2 Å². The molecular formula is C23H24N6O. The van der Waals surface area contributed by atoms with Gasteiger partial charge >= 0.3 is 0 Å². The Labute approximate surface area is 175 Å². The van der Waals surface area contributed by atoms with Crippen molar-refractivity contribution < 1.29 is 4.79 Å². The predicted octanol–water partition coefficient (Wildman–Crippen LogP) is 4.08. The number of benzene rings is 1. The van der Waals surface area contributed by atoms with E-state index in [9.17, 15) is 4.79 Å². The summed E-state index contributed by atoms with van der Waals surface area (Å²) in [5.74, 6) is 1.34. The molecule has 1 aromatic carbocycles. The van der Waals surface area contributed by atoms with E-state index in [1.54, 1.807) is 18.6 Å². The number of hydrogen-bond donors (Lipinski definition) is 1. The molecule has 30 heavy (non-hydrogen) atoms. The fourth-order valence-corrected chi connectivity index (χ4v) is 4.56. The lowest BCUT2D eigenvalue weighted by Gasteiger charge is -2.40. The van der Waals surface area contributed by atoms with E-state index in [2.05, 4.69) is 32.1 Å². The Hall–Kier alpha value is -3.35. The number of carbonyl (C=O) groups is 1. The van der Waals surface area contributed by atoms with Crippen LogP contribution in [-0.4, -0.2) is 37.9 Å². The van der Waals surface area contributed by atoms with Gasteiger partial charge in [-0.15, -0.1) is 0 Å². The van der Waals surface area contributed by atoms with E-state index in [0.29, 0.717) is 23.2 Å². The van der Waals surface area contributed by atoms with E-state index in [4.69, 9.17) is 4.98 Å². The van der Waals surface area contributed by atoms with E-state index in [0.717, 1.165) is 36.3 Å². The summed E-state index contributed by atoms with van der Waals surface area (Å²) in [6, 6.07) is 10.1. The Bertz CT molecular complexity index is 1060. The molecule has 1 aliphatic carbocycles. The van der Waals surface area contributed by atoms with Crippen molar-refractivity contribution in [3.05, 3.63) is 48.9 Å². The zero-order chi connectivity index (χ0) is 20.5. The maximum atomic E-state index is 12.7. The average Bonchev–Trinajstić information content (AvgIpc) is 3.33. The topological polar surface area (TPSA) is 83.9 Å².